The Kier molecular flexibility index (Phi) is 6.56. The molecule has 0 aromatic heterocycles. The number of rotatable bonds is 4. The fourth-order valence-electron chi connectivity index (χ4n) is 5.91. The number of aromatic hydroxyl groups is 1. The van der Waals surface area contributed by atoms with E-state index in [0.29, 0.717) is 16.8 Å². The van der Waals surface area contributed by atoms with Crippen LogP contribution in [0.2, 0.25) is 0 Å². The molecule has 0 bridgehead atoms. The van der Waals surface area contributed by atoms with Crippen molar-refractivity contribution in [2.45, 2.75) is 57.8 Å². The van der Waals surface area contributed by atoms with Gasteiger partial charge in [0.2, 0.25) is 5.78 Å². The molecule has 39 heavy (non-hydrogen) atoms. The van der Waals surface area contributed by atoms with E-state index in [0.717, 1.165) is 0 Å². The van der Waals surface area contributed by atoms with Crippen molar-refractivity contribution < 1.29 is 39.6 Å². The van der Waals surface area contributed by atoms with Gasteiger partial charge in [-0.25, -0.2) is 0 Å². The molecule has 1 amide bonds. The van der Waals surface area contributed by atoms with E-state index in [4.69, 9.17) is 16.3 Å². The van der Waals surface area contributed by atoms with Gasteiger partial charge in [-0.3, -0.25) is 19.3 Å². The Bertz CT molecular complexity index is 1400. The molecule has 0 radical (unpaired) electrons. The molecule has 0 heterocycles. The summed E-state index contributed by atoms with van der Waals surface area (Å²) < 4.78 is 0. The number of phenolic OH excluding ortho intramolecular Hbond substituents is 1. The molecule has 0 spiro atoms. The van der Waals surface area contributed by atoms with E-state index in [1.807, 2.05) is 20.8 Å². The minimum absolute atomic E-state index is 0.0228. The smallest absolute Gasteiger partial charge is 0.255 e. The largest absolute Gasteiger partial charge is 0.508 e. The van der Waals surface area contributed by atoms with Crippen LogP contribution in [0.5, 0.6) is 5.75 Å². The third-order valence-corrected chi connectivity index (χ3v) is 7.60. The number of hydrogen-bond donors (Lipinski definition) is 6. The fraction of sp³-hybridized carbons (Fsp3) is 0.481. The SMILES string of the molecule is C/C(=N\OC(C)(C)C)c1cc(N)c(O)c2c1C[C@H]1C[C@H]3[C@H](N(C)C)C(=O)C(C(N)=O)=C(O)[C@@]3(O)C(=O)C1=C2O. The molecule has 210 valence electrons. The third kappa shape index (κ3) is 4.14. The quantitative estimate of drug-likeness (QED) is 0.105. The second-order valence-electron chi connectivity index (χ2n) is 11.6. The van der Waals surface area contributed by atoms with Gasteiger partial charge in [-0.2, -0.15) is 0 Å². The van der Waals surface area contributed by atoms with Crippen molar-refractivity contribution in [1.29, 1.82) is 0 Å². The van der Waals surface area contributed by atoms with Gasteiger partial charge in [0.15, 0.2) is 11.4 Å². The Morgan fingerprint density at radius 1 is 1.21 bits per heavy atom. The second kappa shape index (κ2) is 9.09. The average Bonchev–Trinajstić information content (AvgIpc) is 2.81. The molecular formula is C27H34N4O8. The summed E-state index contributed by atoms with van der Waals surface area (Å²) in [6, 6.07) is 0.337. The van der Waals surface area contributed by atoms with Gasteiger partial charge >= 0.3 is 0 Å². The van der Waals surface area contributed by atoms with Gasteiger partial charge < -0.3 is 36.7 Å². The summed E-state index contributed by atoms with van der Waals surface area (Å²) >= 11 is 0. The molecule has 4 atom stereocenters. The van der Waals surface area contributed by atoms with E-state index in [-0.39, 0.29) is 29.7 Å². The summed E-state index contributed by atoms with van der Waals surface area (Å²) in [6.07, 6.45) is 0.0884. The molecule has 0 saturated heterocycles. The number of ketones is 2. The third-order valence-electron chi connectivity index (χ3n) is 7.60. The van der Waals surface area contributed by atoms with Crippen molar-refractivity contribution in [3.63, 3.8) is 0 Å². The van der Waals surface area contributed by atoms with Crippen LogP contribution in [0.25, 0.3) is 5.76 Å². The lowest BCUT2D eigenvalue weighted by atomic mass is 9.57. The van der Waals surface area contributed by atoms with Crippen molar-refractivity contribution in [1.82, 2.24) is 4.90 Å². The van der Waals surface area contributed by atoms with Crippen molar-refractivity contribution in [3.8, 4) is 5.75 Å². The highest BCUT2D eigenvalue weighted by atomic mass is 16.6. The number of oxime groups is 1. The fourth-order valence-corrected chi connectivity index (χ4v) is 5.91. The van der Waals surface area contributed by atoms with Crippen molar-refractivity contribution in [3.05, 3.63) is 39.7 Å². The molecule has 8 N–H and O–H groups in total. The number of nitrogens with two attached hydrogens (primary N) is 2. The normalized spacial score (nSPS) is 27.4. The summed E-state index contributed by atoms with van der Waals surface area (Å²) in [5.41, 5.74) is 8.12. The molecule has 1 fully saturated rings. The zero-order valence-electron chi connectivity index (χ0n) is 22.7. The van der Waals surface area contributed by atoms with Crippen LogP contribution in [-0.4, -0.2) is 79.9 Å². The van der Waals surface area contributed by atoms with E-state index in [2.05, 4.69) is 5.16 Å². The first kappa shape index (κ1) is 28.1. The Labute approximate surface area is 225 Å². The Morgan fingerprint density at radius 3 is 2.36 bits per heavy atom. The van der Waals surface area contributed by atoms with Gasteiger partial charge in [-0.15, -0.1) is 0 Å². The summed E-state index contributed by atoms with van der Waals surface area (Å²) in [5.74, 6) is -7.30. The number of carbonyl (C=O) groups is 3. The zero-order chi connectivity index (χ0) is 29.4. The van der Waals surface area contributed by atoms with Gasteiger partial charge in [-0.05, 0) is 72.2 Å². The first-order valence-electron chi connectivity index (χ1n) is 12.5. The lowest BCUT2D eigenvalue weighted by Gasteiger charge is -2.50. The first-order valence-corrected chi connectivity index (χ1v) is 12.5. The number of benzene rings is 1. The van der Waals surface area contributed by atoms with Crippen LogP contribution < -0.4 is 11.5 Å². The second-order valence-corrected chi connectivity index (χ2v) is 11.6. The maximum atomic E-state index is 13.9. The molecule has 1 aromatic rings. The van der Waals surface area contributed by atoms with Crippen LogP contribution in [0, 0.1) is 11.8 Å². The first-order chi connectivity index (χ1) is 17.9. The summed E-state index contributed by atoms with van der Waals surface area (Å²) in [7, 11) is 3.09. The Hall–Kier alpha value is -3.90. The van der Waals surface area contributed by atoms with Gasteiger partial charge in [0.05, 0.1) is 23.0 Å². The van der Waals surface area contributed by atoms with E-state index in [1.165, 1.54) is 11.0 Å². The van der Waals surface area contributed by atoms with Crippen LogP contribution in [0.1, 0.15) is 50.8 Å². The Morgan fingerprint density at radius 2 is 1.82 bits per heavy atom. The molecule has 3 aliphatic rings. The molecular weight excluding hydrogens is 508 g/mol. The van der Waals surface area contributed by atoms with Gasteiger partial charge in [0, 0.05) is 17.1 Å². The molecule has 1 aromatic carbocycles. The van der Waals surface area contributed by atoms with Crippen molar-refractivity contribution >= 4 is 34.6 Å². The number of amides is 1. The summed E-state index contributed by atoms with van der Waals surface area (Å²) in [6.45, 7) is 7.13. The van der Waals surface area contributed by atoms with E-state index >= 15 is 0 Å². The number of aliphatic hydroxyl groups is 3. The molecule has 12 heteroatoms. The van der Waals surface area contributed by atoms with Gasteiger partial charge in [0.25, 0.3) is 5.91 Å². The lowest BCUT2D eigenvalue weighted by molar-refractivity contribution is -0.153. The predicted molar refractivity (Wildman–Crippen MR) is 142 cm³/mol. The maximum Gasteiger partial charge on any atom is 0.255 e. The number of fused-ring (bicyclic) bond motifs is 3. The van der Waals surface area contributed by atoms with Crippen LogP contribution >= 0.6 is 0 Å². The van der Waals surface area contributed by atoms with Crippen LogP contribution in [0.3, 0.4) is 0 Å². The lowest BCUT2D eigenvalue weighted by Crippen LogP contribution is -2.65. The zero-order valence-corrected chi connectivity index (χ0v) is 22.7. The number of Topliss-reactive ketones (excluding diaryl/α,β-unsaturated/α-hetero) is 2. The minimum Gasteiger partial charge on any atom is -0.508 e. The number of anilines is 1. The van der Waals surface area contributed by atoms with Gasteiger partial charge in [0.1, 0.15) is 28.4 Å². The molecule has 3 aliphatic carbocycles. The molecule has 4 rings (SSSR count). The van der Waals surface area contributed by atoms with E-state index in [1.54, 1.807) is 21.0 Å². The number of nitrogen functional groups attached to an aromatic ring is 1. The summed E-state index contributed by atoms with van der Waals surface area (Å²) in [5, 5.41) is 49.0. The summed E-state index contributed by atoms with van der Waals surface area (Å²) in [4.78, 5) is 46.2. The monoisotopic (exact) mass is 542 g/mol. The molecule has 0 unspecified atom stereocenters. The van der Waals surface area contributed by atoms with E-state index in [9.17, 15) is 34.8 Å². The van der Waals surface area contributed by atoms with Crippen molar-refractivity contribution in [2.24, 2.45) is 22.7 Å². The standard InChI is InChI=1S/C27H34N4O8/c1-10(30-39-26(2,3)4)12-9-15(28)20(32)17-13(12)7-11-8-14-19(31(5)6)22(34)18(25(29)37)24(36)27(14,38)23(35)16(11)21(17)33/h9,11,14,19,32-33,36,38H,7-8,28H2,1-6H3,(H2,29,37)/b30-10+/t11-,14-,19-,27-/m0/s1. The average molecular weight is 543 g/mol. The number of phenols is 1. The topological polar surface area (TPSA) is 209 Å². The number of primary amides is 1. The van der Waals surface area contributed by atoms with Crippen LogP contribution in [0.15, 0.2) is 28.1 Å². The van der Waals surface area contributed by atoms with Crippen LogP contribution in [-0.2, 0) is 25.6 Å². The highest BCUT2D eigenvalue weighted by Gasteiger charge is 2.64. The molecule has 1 saturated carbocycles. The number of carbonyl (C=O) groups excluding carboxylic acids is 3. The minimum atomic E-state index is -2.71. The maximum absolute atomic E-state index is 13.9. The van der Waals surface area contributed by atoms with Crippen LogP contribution in [0.4, 0.5) is 5.69 Å². The Balaban J connectivity index is 1.96. The number of aliphatic hydroxyl groups excluding tert-OH is 2. The number of nitrogens with zero attached hydrogens (tertiary/aromatic N) is 2. The van der Waals surface area contributed by atoms with Gasteiger partial charge in [-0.1, -0.05) is 5.16 Å². The highest BCUT2D eigenvalue weighted by molar-refractivity contribution is 6.24. The number of likely N-dealkylation sites (N-methyl/N-ethyl adjacent to an activating group) is 1. The van der Waals surface area contributed by atoms with Crippen molar-refractivity contribution in [2.75, 3.05) is 19.8 Å². The predicted octanol–water partition coefficient (Wildman–Crippen LogP) is 1.09. The highest BCUT2D eigenvalue weighted by Crippen LogP contribution is 2.53. The van der Waals surface area contributed by atoms with E-state index < -0.39 is 69.4 Å². The molecule has 12 nitrogen and oxygen atoms in total. The number of hydrogen-bond acceptors (Lipinski definition) is 11. The molecule has 0 aliphatic heterocycles.